The number of thiazole rings is 1. The van der Waals surface area contributed by atoms with Gasteiger partial charge in [0.2, 0.25) is 0 Å². The fourth-order valence-electron chi connectivity index (χ4n) is 1.56. The lowest BCUT2D eigenvalue weighted by atomic mass is 10.3. The Balaban J connectivity index is 0.00000112. The number of halogens is 3. The van der Waals surface area contributed by atoms with Crippen molar-refractivity contribution in [2.45, 2.75) is 18.9 Å². The molecule has 1 aliphatic heterocycles. The van der Waals surface area contributed by atoms with Crippen LogP contribution in [-0.2, 0) is 6.54 Å². The second-order valence-electron chi connectivity index (χ2n) is 3.48. The summed E-state index contributed by atoms with van der Waals surface area (Å²) in [6.07, 6.45) is 1.61. The second-order valence-corrected chi connectivity index (χ2v) is 4.63. The highest BCUT2D eigenvalue weighted by molar-refractivity contribution is 7.15. The summed E-state index contributed by atoms with van der Waals surface area (Å²) >= 11 is 1.35. The number of hydrogen-bond donors (Lipinski definition) is 1. The van der Waals surface area contributed by atoms with Crippen LogP contribution in [0.1, 0.15) is 11.3 Å². The zero-order valence-corrected chi connectivity index (χ0v) is 9.58. The number of nitrogen functional groups attached to an aromatic ring is 1. The van der Waals surface area contributed by atoms with Crippen LogP contribution in [0.3, 0.4) is 0 Å². The van der Waals surface area contributed by atoms with Crippen LogP contribution in [-0.4, -0.2) is 28.9 Å². The first-order valence-electron chi connectivity index (χ1n) is 4.35. The quantitative estimate of drug-likeness (QED) is 0.879. The maximum Gasteiger partial charge on any atom is 0.261 e. The maximum atomic E-state index is 12.8. The van der Waals surface area contributed by atoms with Crippen molar-refractivity contribution in [1.82, 2.24) is 9.88 Å². The average molecular weight is 256 g/mol. The van der Waals surface area contributed by atoms with Gasteiger partial charge in [0.15, 0.2) is 5.13 Å². The lowest BCUT2D eigenvalue weighted by molar-refractivity contribution is 0.0116. The number of nitrogens with two attached hydrogens (primary N) is 1. The SMILES string of the molecule is Cl.Nc1ncc(CN2CCC(F)(F)C2)s1. The van der Waals surface area contributed by atoms with Gasteiger partial charge in [0.05, 0.1) is 6.54 Å². The number of alkyl halides is 2. The van der Waals surface area contributed by atoms with Gasteiger partial charge in [-0.05, 0) is 0 Å². The van der Waals surface area contributed by atoms with E-state index in [2.05, 4.69) is 4.98 Å². The first-order valence-corrected chi connectivity index (χ1v) is 5.17. The van der Waals surface area contributed by atoms with Gasteiger partial charge in [0.1, 0.15) is 0 Å². The standard InChI is InChI=1S/C8H11F2N3S.ClH/c9-8(10)1-2-13(5-8)4-6-3-12-7(11)14-6;/h3H,1-2,4-5H2,(H2,11,12);1H. The minimum atomic E-state index is -2.52. The van der Waals surface area contributed by atoms with Crippen molar-refractivity contribution in [3.8, 4) is 0 Å². The molecule has 1 aliphatic rings. The predicted octanol–water partition coefficient (Wildman–Crippen LogP) is 1.99. The molecule has 0 atom stereocenters. The molecular formula is C8H12ClF2N3S. The van der Waals surface area contributed by atoms with E-state index in [-0.39, 0.29) is 25.4 Å². The normalized spacial score (nSPS) is 20.1. The highest BCUT2D eigenvalue weighted by Crippen LogP contribution is 2.28. The Kier molecular flexibility index (Phi) is 3.86. The molecule has 0 bridgehead atoms. The summed E-state index contributed by atoms with van der Waals surface area (Å²) < 4.78 is 25.6. The van der Waals surface area contributed by atoms with Gasteiger partial charge in [-0.1, -0.05) is 0 Å². The van der Waals surface area contributed by atoms with E-state index in [1.807, 2.05) is 0 Å². The Morgan fingerprint density at radius 1 is 1.60 bits per heavy atom. The molecule has 0 amide bonds. The summed E-state index contributed by atoms with van der Waals surface area (Å²) in [6.45, 7) is 0.833. The molecule has 0 saturated carbocycles. The van der Waals surface area contributed by atoms with E-state index in [0.29, 0.717) is 18.2 Å². The van der Waals surface area contributed by atoms with E-state index in [1.165, 1.54) is 11.3 Å². The highest BCUT2D eigenvalue weighted by Gasteiger charge is 2.37. The minimum Gasteiger partial charge on any atom is -0.375 e. The smallest absolute Gasteiger partial charge is 0.261 e. The monoisotopic (exact) mass is 255 g/mol. The first kappa shape index (κ1) is 12.6. The molecule has 2 rings (SSSR count). The van der Waals surface area contributed by atoms with E-state index >= 15 is 0 Å². The van der Waals surface area contributed by atoms with Crippen LogP contribution >= 0.6 is 23.7 Å². The molecule has 1 saturated heterocycles. The third-order valence-electron chi connectivity index (χ3n) is 2.20. The van der Waals surface area contributed by atoms with Gasteiger partial charge < -0.3 is 5.73 Å². The molecule has 1 aromatic heterocycles. The maximum absolute atomic E-state index is 12.8. The summed E-state index contributed by atoms with van der Waals surface area (Å²) in [7, 11) is 0. The van der Waals surface area contributed by atoms with Gasteiger partial charge in [0.25, 0.3) is 5.92 Å². The Bertz CT molecular complexity index is 331. The van der Waals surface area contributed by atoms with E-state index in [9.17, 15) is 8.78 Å². The lowest BCUT2D eigenvalue weighted by Crippen LogP contribution is -2.24. The molecule has 0 aliphatic carbocycles. The third-order valence-corrected chi connectivity index (χ3v) is 3.01. The van der Waals surface area contributed by atoms with E-state index in [4.69, 9.17) is 5.73 Å². The molecule has 86 valence electrons. The molecule has 0 spiro atoms. The molecule has 0 aromatic carbocycles. The summed E-state index contributed by atoms with van der Waals surface area (Å²) in [4.78, 5) is 6.55. The Morgan fingerprint density at radius 3 is 2.80 bits per heavy atom. The van der Waals surface area contributed by atoms with Gasteiger partial charge in [-0.2, -0.15) is 0 Å². The fourth-order valence-corrected chi connectivity index (χ4v) is 2.28. The molecule has 7 heteroatoms. The number of likely N-dealkylation sites (tertiary alicyclic amines) is 1. The number of hydrogen-bond acceptors (Lipinski definition) is 4. The van der Waals surface area contributed by atoms with Crippen molar-refractivity contribution in [3.05, 3.63) is 11.1 Å². The van der Waals surface area contributed by atoms with E-state index < -0.39 is 5.92 Å². The van der Waals surface area contributed by atoms with Gasteiger partial charge in [-0.3, -0.25) is 4.90 Å². The lowest BCUT2D eigenvalue weighted by Gasteiger charge is -2.13. The van der Waals surface area contributed by atoms with Crippen LogP contribution in [0.2, 0.25) is 0 Å². The molecule has 2 N–H and O–H groups in total. The number of nitrogens with zero attached hydrogens (tertiary/aromatic N) is 2. The van der Waals surface area contributed by atoms with Crippen molar-refractivity contribution >= 4 is 28.9 Å². The van der Waals surface area contributed by atoms with Gasteiger partial charge in [0, 0.05) is 30.6 Å². The van der Waals surface area contributed by atoms with E-state index in [0.717, 1.165) is 4.88 Å². The van der Waals surface area contributed by atoms with Gasteiger partial charge in [-0.25, -0.2) is 13.8 Å². The Hall–Kier alpha value is -0.460. The zero-order chi connectivity index (χ0) is 10.2. The minimum absolute atomic E-state index is 0. The van der Waals surface area contributed by atoms with Crippen molar-refractivity contribution < 1.29 is 8.78 Å². The van der Waals surface area contributed by atoms with Crippen molar-refractivity contribution in [2.75, 3.05) is 18.8 Å². The largest absolute Gasteiger partial charge is 0.375 e. The molecule has 1 aromatic rings. The van der Waals surface area contributed by atoms with Crippen LogP contribution in [0, 0.1) is 0 Å². The summed E-state index contributed by atoms with van der Waals surface area (Å²) in [6, 6.07) is 0. The van der Waals surface area contributed by atoms with Crippen LogP contribution in [0.25, 0.3) is 0 Å². The van der Waals surface area contributed by atoms with Gasteiger partial charge in [-0.15, -0.1) is 23.7 Å². The Labute approximate surface area is 96.7 Å². The van der Waals surface area contributed by atoms with Crippen molar-refractivity contribution in [2.24, 2.45) is 0 Å². The number of anilines is 1. The molecule has 3 nitrogen and oxygen atoms in total. The molecular weight excluding hydrogens is 244 g/mol. The van der Waals surface area contributed by atoms with E-state index in [1.54, 1.807) is 11.1 Å². The van der Waals surface area contributed by atoms with Gasteiger partial charge >= 0.3 is 0 Å². The van der Waals surface area contributed by atoms with Crippen LogP contribution in [0.4, 0.5) is 13.9 Å². The molecule has 15 heavy (non-hydrogen) atoms. The highest BCUT2D eigenvalue weighted by atomic mass is 35.5. The summed E-state index contributed by atoms with van der Waals surface area (Å²) in [5, 5.41) is 0.492. The molecule has 0 radical (unpaired) electrons. The second kappa shape index (κ2) is 4.59. The predicted molar refractivity (Wildman–Crippen MR) is 58.6 cm³/mol. The third kappa shape index (κ3) is 3.25. The molecule has 2 heterocycles. The summed E-state index contributed by atoms with van der Waals surface area (Å²) in [5.74, 6) is -2.52. The number of rotatable bonds is 2. The molecule has 0 unspecified atom stereocenters. The Morgan fingerprint density at radius 2 is 2.33 bits per heavy atom. The first-order chi connectivity index (χ1) is 6.55. The summed E-state index contributed by atoms with van der Waals surface area (Å²) in [5.41, 5.74) is 5.45. The molecule has 1 fully saturated rings. The fraction of sp³-hybridized carbons (Fsp3) is 0.625. The van der Waals surface area contributed by atoms with Crippen LogP contribution < -0.4 is 5.73 Å². The van der Waals surface area contributed by atoms with Crippen molar-refractivity contribution in [1.29, 1.82) is 0 Å². The average Bonchev–Trinajstić information content (AvgIpc) is 2.59. The topological polar surface area (TPSA) is 42.1 Å². The zero-order valence-electron chi connectivity index (χ0n) is 7.95. The number of aromatic nitrogens is 1. The van der Waals surface area contributed by atoms with Crippen molar-refractivity contribution in [3.63, 3.8) is 0 Å². The van der Waals surface area contributed by atoms with Crippen LogP contribution in [0.5, 0.6) is 0 Å². The van der Waals surface area contributed by atoms with Crippen LogP contribution in [0.15, 0.2) is 6.20 Å².